The van der Waals surface area contributed by atoms with Crippen molar-refractivity contribution in [3.05, 3.63) is 117 Å². The van der Waals surface area contributed by atoms with Gasteiger partial charge in [-0.05, 0) is 92.7 Å². The van der Waals surface area contributed by atoms with Crippen molar-refractivity contribution in [1.29, 1.82) is 0 Å². The molecule has 258 valence electrons. The zero-order valence-corrected chi connectivity index (χ0v) is 28.8. The summed E-state index contributed by atoms with van der Waals surface area (Å²) in [5.41, 5.74) is 2.62. The van der Waals surface area contributed by atoms with Gasteiger partial charge in [-0.1, -0.05) is 78.7 Å². The summed E-state index contributed by atoms with van der Waals surface area (Å²) in [7, 11) is 0. The Balaban J connectivity index is 1.57. The number of benzene rings is 3. The first-order chi connectivity index (χ1) is 22.9. The Labute approximate surface area is 288 Å². The van der Waals surface area contributed by atoms with Gasteiger partial charge in [0.2, 0.25) is 0 Å². The molecule has 5 atom stereocenters. The average Bonchev–Trinajstić information content (AvgIpc) is 3.30. The highest BCUT2D eigenvalue weighted by Gasteiger charge is 2.57. The predicted octanol–water partition coefficient (Wildman–Crippen LogP) is 6.80. The van der Waals surface area contributed by atoms with Gasteiger partial charge in [0.1, 0.15) is 5.82 Å². The molecule has 1 saturated carbocycles. The molecule has 0 saturated heterocycles. The van der Waals surface area contributed by atoms with Crippen LogP contribution in [0.3, 0.4) is 0 Å². The lowest BCUT2D eigenvalue weighted by atomic mass is 9.64. The van der Waals surface area contributed by atoms with E-state index >= 15 is 0 Å². The van der Waals surface area contributed by atoms with Crippen molar-refractivity contribution in [3.63, 3.8) is 0 Å². The largest absolute Gasteiger partial charge is 0.394 e. The Bertz CT molecular complexity index is 1580. The molecule has 3 aliphatic carbocycles. The van der Waals surface area contributed by atoms with Crippen LogP contribution < -0.4 is 0 Å². The van der Waals surface area contributed by atoms with Crippen molar-refractivity contribution in [3.8, 4) is 0 Å². The molecular weight excluding hydrogens is 629 g/mol. The number of aliphatic hydroxyl groups is 4. The SMILES string of the molecule is CC1=CCC[C@@]2(C)[C@@H](CC[C@@]2(O)CN(Cc2ccccc2)C[C@H](O)CO)c2ccc(cc2C(=O)Cc2c(F)cccc2Cl)C[C@@H](O)CC1. The molecule has 8 heteroatoms. The number of rotatable bonds is 10. The third kappa shape index (κ3) is 8.27. The highest BCUT2D eigenvalue weighted by atomic mass is 35.5. The van der Waals surface area contributed by atoms with Crippen LogP contribution in [0.15, 0.2) is 78.4 Å². The number of carbonyl (C=O) groups excluding carboxylic acids is 1. The average molecular weight is 678 g/mol. The summed E-state index contributed by atoms with van der Waals surface area (Å²) in [6, 6.07) is 20.1. The lowest BCUT2D eigenvalue weighted by Crippen LogP contribution is -2.53. The van der Waals surface area contributed by atoms with E-state index in [0.29, 0.717) is 50.6 Å². The smallest absolute Gasteiger partial charge is 0.167 e. The number of nitrogens with zero attached hydrogens (tertiary/aromatic N) is 1. The normalized spacial score (nSPS) is 25.4. The fourth-order valence-electron chi connectivity index (χ4n) is 7.95. The summed E-state index contributed by atoms with van der Waals surface area (Å²) in [6.45, 7) is 4.76. The standard InChI is InChI=1S/C40H49ClFNO5/c1-27-8-7-18-39(2)35(17-19-40(39,48)26-43(24-31(46)25-44)23-28-9-4-3-5-10-28)32-16-14-29(20-30(45)15-13-27)21-33(32)38(47)22-34-36(41)11-6-12-37(34)42/h3-6,8-12,14,16,21,30-31,35,44-46,48H,7,13,15,17-20,22-26H2,1-2H3/t30-,31-,35-,39-,40+/m0/s1. The Kier molecular flexibility index (Phi) is 11.9. The fourth-order valence-corrected chi connectivity index (χ4v) is 8.18. The summed E-state index contributed by atoms with van der Waals surface area (Å²) in [6.07, 6.45) is 4.63. The minimum atomic E-state index is -1.19. The predicted molar refractivity (Wildman–Crippen MR) is 188 cm³/mol. The van der Waals surface area contributed by atoms with Gasteiger partial charge in [0.25, 0.3) is 0 Å². The van der Waals surface area contributed by atoms with E-state index in [-0.39, 0.29) is 48.4 Å². The van der Waals surface area contributed by atoms with Crippen LogP contribution in [0.4, 0.5) is 4.39 Å². The van der Waals surface area contributed by atoms with Gasteiger partial charge in [-0.2, -0.15) is 0 Å². The van der Waals surface area contributed by atoms with E-state index in [1.807, 2.05) is 53.4 Å². The van der Waals surface area contributed by atoms with Crippen molar-refractivity contribution in [1.82, 2.24) is 4.90 Å². The number of allylic oxidation sites excluding steroid dienone is 2. The zero-order valence-electron chi connectivity index (χ0n) is 28.0. The maximum atomic E-state index is 14.9. The molecule has 6 rings (SSSR count). The minimum Gasteiger partial charge on any atom is -0.394 e. The third-order valence-electron chi connectivity index (χ3n) is 10.8. The van der Waals surface area contributed by atoms with Gasteiger partial charge >= 0.3 is 0 Å². The van der Waals surface area contributed by atoms with Crippen molar-refractivity contribution in [2.75, 3.05) is 19.7 Å². The monoisotopic (exact) mass is 677 g/mol. The molecule has 0 aliphatic heterocycles. The van der Waals surface area contributed by atoms with E-state index < -0.39 is 29.0 Å². The first-order valence-electron chi connectivity index (χ1n) is 17.1. The minimum absolute atomic E-state index is 0.153. The van der Waals surface area contributed by atoms with Gasteiger partial charge in [-0.25, -0.2) is 4.39 Å². The molecule has 3 aliphatic rings. The van der Waals surface area contributed by atoms with Gasteiger partial charge in [-0.15, -0.1) is 0 Å². The van der Waals surface area contributed by atoms with Gasteiger partial charge in [0.15, 0.2) is 5.78 Å². The second-order valence-electron chi connectivity index (χ2n) is 14.2. The van der Waals surface area contributed by atoms with Gasteiger partial charge in [0, 0.05) is 47.6 Å². The Hall–Kier alpha value is -2.91. The molecule has 1 fully saturated rings. The summed E-state index contributed by atoms with van der Waals surface area (Å²) < 4.78 is 14.9. The van der Waals surface area contributed by atoms with E-state index in [2.05, 4.69) is 19.9 Å². The number of aliphatic hydroxyl groups excluding tert-OH is 3. The number of Topliss-reactive ketones (excluding diaryl/α,β-unsaturated/α-hetero) is 1. The highest BCUT2D eigenvalue weighted by molar-refractivity contribution is 6.31. The van der Waals surface area contributed by atoms with Crippen molar-refractivity contribution >= 4 is 17.4 Å². The quantitative estimate of drug-likeness (QED) is 0.139. The van der Waals surface area contributed by atoms with E-state index in [0.717, 1.165) is 23.1 Å². The van der Waals surface area contributed by atoms with Crippen LogP contribution in [0.25, 0.3) is 0 Å². The molecule has 3 aromatic rings. The molecule has 4 N–H and O–H groups in total. The van der Waals surface area contributed by atoms with Crippen molar-refractivity contribution in [2.24, 2.45) is 5.41 Å². The maximum absolute atomic E-state index is 14.9. The van der Waals surface area contributed by atoms with E-state index in [1.54, 1.807) is 6.07 Å². The van der Waals surface area contributed by atoms with Crippen LogP contribution >= 0.6 is 11.6 Å². The molecule has 3 aromatic carbocycles. The second kappa shape index (κ2) is 15.8. The van der Waals surface area contributed by atoms with Crippen LogP contribution in [-0.4, -0.2) is 68.6 Å². The van der Waals surface area contributed by atoms with Crippen molar-refractivity contribution in [2.45, 2.75) is 95.5 Å². The number of fused-ring (bicyclic) bond motifs is 8. The molecule has 6 nitrogen and oxygen atoms in total. The lowest BCUT2D eigenvalue weighted by Gasteiger charge is -2.46. The molecule has 2 bridgehead atoms. The molecule has 0 amide bonds. The maximum Gasteiger partial charge on any atom is 0.167 e. The molecule has 0 spiro atoms. The second-order valence-corrected chi connectivity index (χ2v) is 14.6. The van der Waals surface area contributed by atoms with Gasteiger partial charge < -0.3 is 20.4 Å². The Morgan fingerprint density at radius 3 is 2.58 bits per heavy atom. The first kappa shape index (κ1) is 36.4. The van der Waals surface area contributed by atoms with Crippen LogP contribution in [0, 0.1) is 11.2 Å². The zero-order chi connectivity index (χ0) is 34.5. The van der Waals surface area contributed by atoms with Crippen LogP contribution in [0.1, 0.15) is 90.9 Å². The Morgan fingerprint density at radius 1 is 1.08 bits per heavy atom. The lowest BCUT2D eigenvalue weighted by molar-refractivity contribution is -0.0907. The van der Waals surface area contributed by atoms with Gasteiger partial charge in [0.05, 0.1) is 24.4 Å². The van der Waals surface area contributed by atoms with Gasteiger partial charge in [-0.3, -0.25) is 9.69 Å². The number of carbonyl (C=O) groups is 1. The molecule has 0 unspecified atom stereocenters. The molecule has 0 aromatic heterocycles. The summed E-state index contributed by atoms with van der Waals surface area (Å²) in [4.78, 5) is 16.2. The molecule has 0 radical (unpaired) electrons. The third-order valence-corrected chi connectivity index (χ3v) is 11.1. The van der Waals surface area contributed by atoms with Crippen LogP contribution in [-0.2, 0) is 19.4 Å². The number of hydrogen-bond donors (Lipinski definition) is 4. The van der Waals surface area contributed by atoms with E-state index in [1.165, 1.54) is 17.7 Å². The number of ketones is 1. The molecular formula is C40H49ClFNO5. The van der Waals surface area contributed by atoms with Crippen molar-refractivity contribution < 1.29 is 29.6 Å². The van der Waals surface area contributed by atoms with E-state index in [4.69, 9.17) is 11.6 Å². The topological polar surface area (TPSA) is 101 Å². The summed E-state index contributed by atoms with van der Waals surface area (Å²) >= 11 is 6.36. The highest BCUT2D eigenvalue weighted by Crippen LogP contribution is 2.59. The number of hydrogen-bond acceptors (Lipinski definition) is 6. The first-order valence-corrected chi connectivity index (χ1v) is 17.5. The fraction of sp³-hybridized carbons (Fsp3) is 0.475. The Morgan fingerprint density at radius 2 is 1.85 bits per heavy atom. The van der Waals surface area contributed by atoms with Crippen LogP contribution in [0.2, 0.25) is 5.02 Å². The molecule has 48 heavy (non-hydrogen) atoms. The molecule has 0 heterocycles. The number of halogens is 2. The van der Waals surface area contributed by atoms with Crippen LogP contribution in [0.5, 0.6) is 0 Å². The van der Waals surface area contributed by atoms with E-state index in [9.17, 15) is 29.6 Å². The summed E-state index contributed by atoms with van der Waals surface area (Å²) in [5.74, 6) is -0.989. The summed E-state index contributed by atoms with van der Waals surface area (Å²) in [5, 5.41) is 44.1.